The number of aromatic nitrogens is 2. The molecule has 96 valence electrons. The lowest BCUT2D eigenvalue weighted by Gasteiger charge is -2.10. The minimum Gasteiger partial charge on any atom is -0.468 e. The van der Waals surface area contributed by atoms with Crippen LogP contribution in [0.3, 0.4) is 0 Å². The largest absolute Gasteiger partial charge is 0.468 e. The predicted octanol–water partition coefficient (Wildman–Crippen LogP) is 0.898. The monoisotopic (exact) mass is 239 g/mol. The van der Waals surface area contributed by atoms with E-state index in [1.807, 2.05) is 4.68 Å². The molecule has 0 fully saturated rings. The van der Waals surface area contributed by atoms with E-state index >= 15 is 0 Å². The molecule has 0 aliphatic rings. The summed E-state index contributed by atoms with van der Waals surface area (Å²) in [4.78, 5) is 11.2. The van der Waals surface area contributed by atoms with Crippen molar-refractivity contribution < 1.29 is 9.53 Å². The van der Waals surface area contributed by atoms with Crippen LogP contribution in [0.2, 0.25) is 0 Å². The quantitative estimate of drug-likeness (QED) is 0.749. The third-order valence-electron chi connectivity index (χ3n) is 2.79. The van der Waals surface area contributed by atoms with E-state index in [4.69, 9.17) is 5.73 Å². The van der Waals surface area contributed by atoms with Crippen LogP contribution in [0.25, 0.3) is 0 Å². The second kappa shape index (κ2) is 6.39. The molecule has 5 nitrogen and oxygen atoms in total. The Morgan fingerprint density at radius 3 is 2.76 bits per heavy atom. The van der Waals surface area contributed by atoms with Gasteiger partial charge < -0.3 is 10.5 Å². The van der Waals surface area contributed by atoms with Crippen molar-refractivity contribution in [1.82, 2.24) is 9.78 Å². The summed E-state index contributed by atoms with van der Waals surface area (Å²) in [5.74, 6) is -0.370. The molecule has 0 saturated carbocycles. The zero-order chi connectivity index (χ0) is 12.8. The van der Waals surface area contributed by atoms with Gasteiger partial charge in [-0.15, -0.1) is 0 Å². The van der Waals surface area contributed by atoms with Crippen molar-refractivity contribution in [2.24, 2.45) is 5.73 Å². The molecule has 0 aliphatic carbocycles. The van der Waals surface area contributed by atoms with Gasteiger partial charge in [0, 0.05) is 12.2 Å². The topological polar surface area (TPSA) is 70.1 Å². The molecule has 0 saturated heterocycles. The van der Waals surface area contributed by atoms with Crippen LogP contribution < -0.4 is 5.73 Å². The zero-order valence-corrected chi connectivity index (χ0v) is 10.8. The summed E-state index contributed by atoms with van der Waals surface area (Å²) in [5.41, 5.74) is 7.95. The summed E-state index contributed by atoms with van der Waals surface area (Å²) in [7, 11) is 1.35. The van der Waals surface area contributed by atoms with Gasteiger partial charge in [0.05, 0.1) is 12.8 Å². The van der Waals surface area contributed by atoms with Crippen LogP contribution in [-0.2, 0) is 28.9 Å². The number of nitrogens with two attached hydrogens (primary N) is 1. The Morgan fingerprint density at radius 2 is 2.24 bits per heavy atom. The second-order valence-electron chi connectivity index (χ2n) is 3.98. The molecule has 1 heterocycles. The Kier molecular flexibility index (Phi) is 5.15. The fourth-order valence-corrected chi connectivity index (χ4v) is 1.70. The maximum atomic E-state index is 11.2. The molecule has 0 aliphatic heterocycles. The van der Waals surface area contributed by atoms with Gasteiger partial charge in [-0.25, -0.2) is 0 Å². The molecule has 0 amide bonds. The van der Waals surface area contributed by atoms with E-state index in [1.54, 1.807) is 0 Å². The molecule has 0 spiro atoms. The smallest absolute Gasteiger partial charge is 0.322 e. The SMILES string of the molecule is CCc1cc(CC)n(CCC(N)C(=O)OC)n1. The first-order valence-corrected chi connectivity index (χ1v) is 6.01. The van der Waals surface area contributed by atoms with Crippen molar-refractivity contribution in [1.29, 1.82) is 0 Å². The molecular formula is C12H21N3O2. The van der Waals surface area contributed by atoms with Crippen molar-refractivity contribution in [2.75, 3.05) is 7.11 Å². The normalized spacial score (nSPS) is 12.5. The van der Waals surface area contributed by atoms with Gasteiger partial charge in [-0.3, -0.25) is 9.48 Å². The van der Waals surface area contributed by atoms with Crippen molar-refractivity contribution in [2.45, 2.75) is 45.7 Å². The molecule has 2 N–H and O–H groups in total. The molecule has 1 aromatic heterocycles. The standard InChI is InChI=1S/C12H21N3O2/c1-4-9-8-10(5-2)15(14-9)7-6-11(13)12(16)17-3/h8,11H,4-7,13H2,1-3H3. The number of hydrogen-bond donors (Lipinski definition) is 1. The molecule has 0 aromatic carbocycles. The van der Waals surface area contributed by atoms with Crippen LogP contribution in [0, 0.1) is 0 Å². The maximum absolute atomic E-state index is 11.2. The number of aryl methyl sites for hydroxylation is 3. The first kappa shape index (κ1) is 13.7. The van der Waals surface area contributed by atoms with Gasteiger partial charge in [-0.1, -0.05) is 13.8 Å². The number of carbonyl (C=O) groups excluding carboxylic acids is 1. The van der Waals surface area contributed by atoms with Crippen LogP contribution in [0.15, 0.2) is 6.07 Å². The lowest BCUT2D eigenvalue weighted by atomic mass is 10.2. The minimum atomic E-state index is -0.570. The molecule has 1 unspecified atom stereocenters. The zero-order valence-electron chi connectivity index (χ0n) is 10.8. The average Bonchev–Trinajstić information content (AvgIpc) is 2.77. The number of esters is 1. The number of ether oxygens (including phenoxy) is 1. The van der Waals surface area contributed by atoms with E-state index in [1.165, 1.54) is 12.8 Å². The van der Waals surface area contributed by atoms with Crippen molar-refractivity contribution >= 4 is 5.97 Å². The predicted molar refractivity (Wildman–Crippen MR) is 65.6 cm³/mol. The Balaban J connectivity index is 2.62. The fourth-order valence-electron chi connectivity index (χ4n) is 1.70. The molecule has 1 atom stereocenters. The number of nitrogens with zero attached hydrogens (tertiary/aromatic N) is 2. The van der Waals surface area contributed by atoms with E-state index in [0.29, 0.717) is 13.0 Å². The van der Waals surface area contributed by atoms with Crippen LogP contribution in [0.4, 0.5) is 0 Å². The molecule has 1 rings (SSSR count). The second-order valence-corrected chi connectivity index (χ2v) is 3.98. The number of methoxy groups -OCH3 is 1. The highest BCUT2D eigenvalue weighted by Gasteiger charge is 2.14. The van der Waals surface area contributed by atoms with Gasteiger partial charge in [-0.05, 0) is 25.3 Å². The van der Waals surface area contributed by atoms with Crippen LogP contribution >= 0.6 is 0 Å². The van der Waals surface area contributed by atoms with Gasteiger partial charge in [0.2, 0.25) is 0 Å². The van der Waals surface area contributed by atoms with Gasteiger partial charge in [-0.2, -0.15) is 5.10 Å². The first-order chi connectivity index (χ1) is 8.12. The van der Waals surface area contributed by atoms with E-state index in [-0.39, 0.29) is 5.97 Å². The summed E-state index contributed by atoms with van der Waals surface area (Å²) < 4.78 is 6.52. The van der Waals surface area contributed by atoms with E-state index in [0.717, 1.165) is 18.5 Å². The highest BCUT2D eigenvalue weighted by atomic mass is 16.5. The van der Waals surface area contributed by atoms with Gasteiger partial charge >= 0.3 is 5.97 Å². The molecule has 17 heavy (non-hydrogen) atoms. The van der Waals surface area contributed by atoms with Gasteiger partial charge in [0.15, 0.2) is 0 Å². The summed E-state index contributed by atoms with van der Waals surface area (Å²) in [5, 5.41) is 4.47. The fraction of sp³-hybridized carbons (Fsp3) is 0.667. The lowest BCUT2D eigenvalue weighted by molar-refractivity contribution is -0.142. The van der Waals surface area contributed by atoms with E-state index in [9.17, 15) is 4.79 Å². The van der Waals surface area contributed by atoms with Crippen LogP contribution in [-0.4, -0.2) is 28.9 Å². The molecule has 5 heteroatoms. The molecule has 0 radical (unpaired) electrons. The molecule has 1 aromatic rings. The number of carbonyl (C=O) groups is 1. The van der Waals surface area contributed by atoms with E-state index < -0.39 is 6.04 Å². The van der Waals surface area contributed by atoms with Crippen LogP contribution in [0.1, 0.15) is 31.7 Å². The Morgan fingerprint density at radius 1 is 1.53 bits per heavy atom. The van der Waals surface area contributed by atoms with Crippen molar-refractivity contribution in [3.05, 3.63) is 17.5 Å². The highest BCUT2D eigenvalue weighted by molar-refractivity contribution is 5.75. The van der Waals surface area contributed by atoms with Crippen molar-refractivity contribution in [3.8, 4) is 0 Å². The first-order valence-electron chi connectivity index (χ1n) is 6.01. The lowest BCUT2D eigenvalue weighted by Crippen LogP contribution is -2.32. The number of rotatable bonds is 6. The summed E-state index contributed by atoms with van der Waals surface area (Å²) in [6, 6.07) is 1.53. The van der Waals surface area contributed by atoms with Crippen molar-refractivity contribution in [3.63, 3.8) is 0 Å². The highest BCUT2D eigenvalue weighted by Crippen LogP contribution is 2.08. The third-order valence-corrected chi connectivity index (χ3v) is 2.79. The summed E-state index contributed by atoms with van der Waals surface area (Å²) in [6.07, 6.45) is 2.40. The average molecular weight is 239 g/mol. The maximum Gasteiger partial charge on any atom is 0.322 e. The third kappa shape index (κ3) is 3.56. The van der Waals surface area contributed by atoms with E-state index in [2.05, 4.69) is 29.7 Å². The van der Waals surface area contributed by atoms with Gasteiger partial charge in [0.25, 0.3) is 0 Å². The number of hydrogen-bond acceptors (Lipinski definition) is 4. The summed E-state index contributed by atoms with van der Waals surface area (Å²) in [6.45, 7) is 4.82. The summed E-state index contributed by atoms with van der Waals surface area (Å²) >= 11 is 0. The Hall–Kier alpha value is -1.36. The van der Waals surface area contributed by atoms with Crippen LogP contribution in [0.5, 0.6) is 0 Å². The Labute approximate surface area is 102 Å². The molecular weight excluding hydrogens is 218 g/mol. The van der Waals surface area contributed by atoms with Gasteiger partial charge in [0.1, 0.15) is 6.04 Å². The minimum absolute atomic E-state index is 0.370. The molecule has 0 bridgehead atoms. The Bertz CT molecular complexity index is 374.